The van der Waals surface area contributed by atoms with E-state index < -0.39 is 0 Å². The van der Waals surface area contributed by atoms with E-state index in [0.29, 0.717) is 55.5 Å². The van der Waals surface area contributed by atoms with Crippen LogP contribution >= 0.6 is 24.4 Å². The number of benzene rings is 5. The van der Waals surface area contributed by atoms with Gasteiger partial charge >= 0.3 is 0 Å². The van der Waals surface area contributed by atoms with Crippen molar-refractivity contribution in [3.63, 3.8) is 0 Å². The monoisotopic (exact) mass is 878 g/mol. The third-order valence-electron chi connectivity index (χ3n) is 9.33. The second-order valence-corrected chi connectivity index (χ2v) is 14.6. The van der Waals surface area contributed by atoms with Crippen molar-refractivity contribution in [1.82, 2.24) is 26.3 Å². The normalized spacial score (nSPS) is 10.6. The number of para-hydroxylation sites is 3. The Hall–Kier alpha value is -7.62. The summed E-state index contributed by atoms with van der Waals surface area (Å²) in [6, 6.07) is 42.8. The first-order valence-corrected chi connectivity index (χ1v) is 20.6. The zero-order chi connectivity index (χ0) is 44.4. The second-order valence-electron chi connectivity index (χ2n) is 13.8. The molecule has 0 aliphatic carbocycles. The van der Waals surface area contributed by atoms with Gasteiger partial charge in [-0.2, -0.15) is 0 Å². The number of thiocarbonyl (C=S) groups is 2. The largest absolute Gasteiger partial charge is 0.497 e. The molecule has 1 aromatic heterocycles. The molecule has 0 saturated carbocycles. The highest BCUT2D eigenvalue weighted by Crippen LogP contribution is 2.33. The number of nitrogens with one attached hydrogen (secondary N) is 7. The zero-order valence-corrected chi connectivity index (χ0v) is 36.2. The minimum absolute atomic E-state index is 0.0597. The summed E-state index contributed by atoms with van der Waals surface area (Å²) in [5, 5.41) is 21.4. The van der Waals surface area contributed by atoms with Gasteiger partial charge < -0.3 is 46.7 Å². The molecule has 6 rings (SSSR count). The first kappa shape index (κ1) is 44.9. The highest BCUT2D eigenvalue weighted by molar-refractivity contribution is 7.80. The molecule has 0 atom stereocenters. The Bertz CT molecular complexity index is 2430. The van der Waals surface area contributed by atoms with E-state index in [9.17, 15) is 14.4 Å². The molecule has 1 heterocycles. The maximum Gasteiger partial charge on any atom is 0.248 e. The van der Waals surface area contributed by atoms with Gasteiger partial charge in [0.25, 0.3) is 0 Å². The molecule has 6 aromatic rings. The maximum atomic E-state index is 13.1. The van der Waals surface area contributed by atoms with Crippen molar-refractivity contribution in [2.24, 2.45) is 0 Å². The van der Waals surface area contributed by atoms with Crippen LogP contribution in [0.4, 0.5) is 17.1 Å². The molecule has 0 unspecified atom stereocenters. The number of carbonyl (C=O) groups excluding carboxylic acids is 3. The fraction of sp³-hybridized carbons (Fsp3) is 0.125. The molecule has 0 radical (unpaired) electrons. The van der Waals surface area contributed by atoms with E-state index in [1.165, 1.54) is 6.08 Å². The van der Waals surface area contributed by atoms with Gasteiger partial charge in [0.1, 0.15) is 11.5 Å². The molecule has 0 saturated heterocycles. The number of amides is 3. The molecule has 63 heavy (non-hydrogen) atoms. The number of hydrogen-bond acceptors (Lipinski definition) is 8. The number of carbonyl (C=O) groups is 3. The zero-order valence-electron chi connectivity index (χ0n) is 34.6. The minimum Gasteiger partial charge on any atom is -0.497 e. The molecular weight excluding hydrogens is 833 g/mol. The van der Waals surface area contributed by atoms with Crippen LogP contribution in [0, 0.1) is 0 Å². The first-order valence-electron chi connectivity index (χ1n) is 19.8. The van der Waals surface area contributed by atoms with Crippen molar-refractivity contribution < 1.29 is 23.9 Å². The summed E-state index contributed by atoms with van der Waals surface area (Å²) >= 11 is 10.8. The number of pyridine rings is 1. The lowest BCUT2D eigenvalue weighted by molar-refractivity contribution is -0.120. The van der Waals surface area contributed by atoms with Crippen molar-refractivity contribution >= 4 is 75.5 Å². The molecule has 15 heteroatoms. The summed E-state index contributed by atoms with van der Waals surface area (Å²) in [5.74, 6) is 0.279. The molecule has 3 amide bonds. The van der Waals surface area contributed by atoms with Gasteiger partial charge in [-0.3, -0.25) is 14.4 Å². The van der Waals surface area contributed by atoms with Crippen LogP contribution in [0.25, 0.3) is 28.6 Å². The topological polar surface area (TPSA) is 167 Å². The lowest BCUT2D eigenvalue weighted by Gasteiger charge is -2.17. The standard InChI is InChI=1S/C48H46N8O5S2/c1-60-38-19-21-40(33(26-38)28-49-45(58)30-51-47(62)54-36-14-8-4-9-15-36)42-24-32(18-23-44(57)53-35-12-6-3-7-13-35)25-43(56-42)41-22-20-39(61-2)27-34(41)29-50-46(59)31-52-48(63)55-37-16-10-5-11-17-37/h3-27H,28-31H2,1-2H3,(H,49,58)(H,50,59)(H,53,57)(H2,51,54,62)(H2,52,55,63)/b23-18+. The molecule has 0 bridgehead atoms. The van der Waals surface area contributed by atoms with E-state index in [1.54, 1.807) is 32.4 Å². The highest BCUT2D eigenvalue weighted by Gasteiger charge is 2.16. The minimum atomic E-state index is -0.319. The number of ether oxygens (including phenoxy) is 2. The molecule has 13 nitrogen and oxygen atoms in total. The van der Waals surface area contributed by atoms with E-state index in [1.807, 2.05) is 127 Å². The van der Waals surface area contributed by atoms with E-state index in [2.05, 4.69) is 37.2 Å². The van der Waals surface area contributed by atoms with E-state index in [4.69, 9.17) is 38.9 Å². The number of nitrogens with zero attached hydrogens (tertiary/aromatic N) is 1. The van der Waals surface area contributed by atoms with Crippen molar-refractivity contribution in [2.45, 2.75) is 13.1 Å². The van der Waals surface area contributed by atoms with Crippen molar-refractivity contribution in [1.29, 1.82) is 0 Å². The Morgan fingerprint density at radius 2 is 0.952 bits per heavy atom. The lowest BCUT2D eigenvalue weighted by atomic mass is 9.98. The number of aromatic nitrogens is 1. The molecule has 0 spiro atoms. The number of hydrogen-bond donors (Lipinski definition) is 7. The number of anilines is 3. The van der Waals surface area contributed by atoms with Crippen molar-refractivity contribution in [3.05, 3.63) is 162 Å². The Morgan fingerprint density at radius 1 is 0.540 bits per heavy atom. The summed E-state index contributed by atoms with van der Waals surface area (Å²) < 4.78 is 11.1. The maximum absolute atomic E-state index is 13.1. The summed E-state index contributed by atoms with van der Waals surface area (Å²) in [5.41, 5.74) is 6.92. The van der Waals surface area contributed by atoms with Gasteiger partial charge in [-0.15, -0.1) is 0 Å². The van der Waals surface area contributed by atoms with Crippen LogP contribution in [0.2, 0.25) is 0 Å². The molecule has 5 aromatic carbocycles. The Kier molecular flexibility index (Phi) is 16.3. The van der Waals surface area contributed by atoms with Gasteiger partial charge in [0.05, 0.1) is 38.7 Å². The Balaban J connectivity index is 1.26. The van der Waals surface area contributed by atoms with Gasteiger partial charge in [-0.1, -0.05) is 54.6 Å². The van der Waals surface area contributed by atoms with E-state index in [0.717, 1.165) is 22.5 Å². The Morgan fingerprint density at radius 3 is 1.37 bits per heavy atom. The molecule has 320 valence electrons. The van der Waals surface area contributed by atoms with E-state index in [-0.39, 0.29) is 43.9 Å². The van der Waals surface area contributed by atoms with Crippen molar-refractivity contribution in [3.8, 4) is 34.0 Å². The van der Waals surface area contributed by atoms with Gasteiger partial charge in [-0.05, 0) is 132 Å². The molecule has 7 N–H and O–H groups in total. The molecule has 0 aliphatic heterocycles. The average molecular weight is 879 g/mol. The number of rotatable bonds is 17. The predicted molar refractivity (Wildman–Crippen MR) is 257 cm³/mol. The van der Waals surface area contributed by atoms with E-state index >= 15 is 0 Å². The van der Waals surface area contributed by atoms with Crippen LogP contribution in [0.15, 0.2) is 146 Å². The molecular formula is C48H46N8O5S2. The lowest BCUT2D eigenvalue weighted by Crippen LogP contribution is -2.38. The summed E-state index contributed by atoms with van der Waals surface area (Å²) in [6.07, 6.45) is 3.16. The number of methoxy groups -OCH3 is 2. The van der Waals surface area contributed by atoms with Crippen LogP contribution < -0.4 is 46.7 Å². The molecule has 0 aliphatic rings. The van der Waals surface area contributed by atoms with Crippen LogP contribution in [-0.2, 0) is 27.5 Å². The van der Waals surface area contributed by atoms with Crippen LogP contribution in [0.3, 0.4) is 0 Å². The molecule has 0 fully saturated rings. The van der Waals surface area contributed by atoms with Gasteiger partial charge in [0.15, 0.2) is 10.2 Å². The summed E-state index contributed by atoms with van der Waals surface area (Å²) in [6.45, 7) is 0.160. The smallest absolute Gasteiger partial charge is 0.248 e. The van der Waals surface area contributed by atoms with Gasteiger partial charge in [0.2, 0.25) is 17.7 Å². The quantitative estimate of drug-likeness (QED) is 0.0362. The predicted octanol–water partition coefficient (Wildman–Crippen LogP) is 7.29. The van der Waals surface area contributed by atoms with Gasteiger partial charge in [0, 0.05) is 47.4 Å². The second kappa shape index (κ2) is 22.8. The average Bonchev–Trinajstić information content (AvgIpc) is 3.31. The van der Waals surface area contributed by atoms with Crippen molar-refractivity contribution in [2.75, 3.05) is 43.3 Å². The van der Waals surface area contributed by atoms with Gasteiger partial charge in [-0.25, -0.2) is 4.98 Å². The highest BCUT2D eigenvalue weighted by atomic mass is 32.1. The third-order valence-corrected chi connectivity index (χ3v) is 9.82. The Labute approximate surface area is 376 Å². The third kappa shape index (κ3) is 14.0. The SMILES string of the molecule is COc1ccc(-c2cc(/C=C/C(=O)Nc3ccccc3)cc(-c3ccc(OC)cc3CNC(=O)CNC(=S)Nc3ccccc3)n2)c(CNC(=O)CNC(=S)Nc2ccccc2)c1. The van der Waals surface area contributed by atoms with Crippen LogP contribution in [0.5, 0.6) is 11.5 Å². The fourth-order valence-corrected chi connectivity index (χ4v) is 6.59. The fourth-order valence-electron chi connectivity index (χ4n) is 6.21. The van der Waals surface area contributed by atoms with Crippen LogP contribution in [0.1, 0.15) is 16.7 Å². The summed E-state index contributed by atoms with van der Waals surface area (Å²) in [7, 11) is 3.14. The summed E-state index contributed by atoms with van der Waals surface area (Å²) in [4.78, 5) is 44.4. The first-order chi connectivity index (χ1) is 30.6. The van der Waals surface area contributed by atoms with Crippen LogP contribution in [-0.4, -0.2) is 60.2 Å².